The van der Waals surface area contributed by atoms with E-state index in [1.54, 1.807) is 49.4 Å². The summed E-state index contributed by atoms with van der Waals surface area (Å²) >= 11 is 0. The number of nitrogens with zero attached hydrogens (tertiary/aromatic N) is 2. The molecule has 45 heavy (non-hydrogen) atoms. The molecule has 0 spiro atoms. The van der Waals surface area contributed by atoms with Crippen molar-refractivity contribution in [2.45, 2.75) is 71.7 Å². The second-order valence-corrected chi connectivity index (χ2v) is 14.5. The van der Waals surface area contributed by atoms with Gasteiger partial charge in [0.25, 0.3) is 15.9 Å². The lowest BCUT2D eigenvalue weighted by Crippen LogP contribution is -2.21. The van der Waals surface area contributed by atoms with E-state index in [1.165, 1.54) is 12.1 Å². The summed E-state index contributed by atoms with van der Waals surface area (Å²) in [6.07, 6.45) is 0. The van der Waals surface area contributed by atoms with E-state index in [1.807, 2.05) is 66.7 Å². The van der Waals surface area contributed by atoms with E-state index in [2.05, 4.69) is 14.6 Å². The Balaban J connectivity index is 1.44. The SMILES string of the molecule is Cc1cc(-c2nc3cc(F)ccc3n2C(C)C)ccc1NC(=O)c1ccccc1NS(=O)(=O)c1cc(C(C)(C)C)cc(C)c1C. The van der Waals surface area contributed by atoms with Crippen LogP contribution in [0.4, 0.5) is 15.8 Å². The van der Waals surface area contributed by atoms with Crippen LogP contribution in [-0.2, 0) is 15.4 Å². The normalized spacial score (nSPS) is 12.1. The van der Waals surface area contributed by atoms with Gasteiger partial charge < -0.3 is 9.88 Å². The Morgan fingerprint density at radius 2 is 1.60 bits per heavy atom. The smallest absolute Gasteiger partial charge is 0.262 e. The number of carbonyl (C=O) groups excluding carboxylic acids is 1. The van der Waals surface area contributed by atoms with Crippen LogP contribution in [0.1, 0.15) is 73.3 Å². The van der Waals surface area contributed by atoms with Gasteiger partial charge in [0.2, 0.25) is 0 Å². The molecule has 5 rings (SSSR count). The van der Waals surface area contributed by atoms with E-state index >= 15 is 0 Å². The number of hydrogen-bond donors (Lipinski definition) is 2. The number of aromatic nitrogens is 2. The molecule has 0 unspecified atom stereocenters. The number of imidazole rings is 1. The Kier molecular flexibility index (Phi) is 8.35. The van der Waals surface area contributed by atoms with Crippen molar-refractivity contribution in [1.82, 2.24) is 9.55 Å². The summed E-state index contributed by atoms with van der Waals surface area (Å²) in [6, 6.07) is 20.5. The summed E-state index contributed by atoms with van der Waals surface area (Å²) in [7, 11) is -4.01. The maximum Gasteiger partial charge on any atom is 0.262 e. The van der Waals surface area contributed by atoms with E-state index in [-0.39, 0.29) is 33.4 Å². The number of para-hydroxylation sites is 1. The predicted octanol–water partition coefficient (Wildman–Crippen LogP) is 8.70. The Labute approximate surface area is 264 Å². The number of amides is 1. The molecular weight excluding hydrogens is 587 g/mol. The molecule has 5 aromatic rings. The summed E-state index contributed by atoms with van der Waals surface area (Å²) in [6.45, 7) is 15.8. The first-order chi connectivity index (χ1) is 21.1. The topological polar surface area (TPSA) is 93.1 Å². The number of carbonyl (C=O) groups is 1. The zero-order valence-corrected chi connectivity index (χ0v) is 27.7. The number of fused-ring (bicyclic) bond motifs is 1. The highest BCUT2D eigenvalue weighted by Gasteiger charge is 2.25. The van der Waals surface area contributed by atoms with E-state index in [0.29, 0.717) is 22.6 Å². The van der Waals surface area contributed by atoms with Gasteiger partial charge in [-0.15, -0.1) is 0 Å². The van der Waals surface area contributed by atoms with E-state index in [9.17, 15) is 17.6 Å². The second-order valence-electron chi connectivity index (χ2n) is 12.8. The molecule has 1 amide bonds. The third-order valence-electron chi connectivity index (χ3n) is 8.09. The van der Waals surface area contributed by atoms with Gasteiger partial charge in [0.05, 0.1) is 27.2 Å². The maximum atomic E-state index is 13.9. The van der Waals surface area contributed by atoms with Gasteiger partial charge in [-0.25, -0.2) is 17.8 Å². The quantitative estimate of drug-likeness (QED) is 0.189. The molecule has 0 fully saturated rings. The maximum absolute atomic E-state index is 13.9. The molecule has 234 valence electrons. The fourth-order valence-electron chi connectivity index (χ4n) is 5.44. The summed E-state index contributed by atoms with van der Waals surface area (Å²) < 4.78 is 46.1. The van der Waals surface area contributed by atoms with Crippen molar-refractivity contribution in [3.8, 4) is 11.4 Å². The highest BCUT2D eigenvalue weighted by molar-refractivity contribution is 7.92. The van der Waals surface area contributed by atoms with Crippen LogP contribution >= 0.6 is 0 Å². The molecule has 0 radical (unpaired) electrons. The van der Waals surface area contributed by atoms with Crippen LogP contribution in [0.15, 0.2) is 77.7 Å². The fraction of sp³-hybridized carbons (Fsp3) is 0.278. The molecule has 0 saturated heterocycles. The highest BCUT2D eigenvalue weighted by atomic mass is 32.2. The number of benzene rings is 4. The minimum Gasteiger partial charge on any atom is -0.322 e. The van der Waals surface area contributed by atoms with Crippen LogP contribution in [0.25, 0.3) is 22.4 Å². The third kappa shape index (κ3) is 6.35. The molecule has 4 aromatic carbocycles. The first kappa shape index (κ1) is 31.9. The second kappa shape index (κ2) is 11.8. The summed E-state index contributed by atoms with van der Waals surface area (Å²) in [5.41, 5.74) is 6.17. The number of anilines is 2. The zero-order chi connectivity index (χ0) is 32.8. The summed E-state index contributed by atoms with van der Waals surface area (Å²) in [4.78, 5) is 18.5. The molecule has 0 atom stereocenters. The molecule has 0 bridgehead atoms. The average Bonchev–Trinajstić information content (AvgIpc) is 3.33. The van der Waals surface area contributed by atoms with E-state index < -0.39 is 15.9 Å². The molecule has 7 nitrogen and oxygen atoms in total. The van der Waals surface area contributed by atoms with Gasteiger partial charge in [-0.2, -0.15) is 0 Å². The minimum absolute atomic E-state index is 0.0825. The average molecular weight is 627 g/mol. The molecular formula is C36H39FN4O3S. The van der Waals surface area contributed by atoms with Gasteiger partial charge in [-0.1, -0.05) is 39.0 Å². The fourth-order valence-corrected chi connectivity index (χ4v) is 6.86. The first-order valence-electron chi connectivity index (χ1n) is 14.9. The Morgan fingerprint density at radius 1 is 0.889 bits per heavy atom. The van der Waals surface area contributed by atoms with Crippen molar-refractivity contribution in [3.05, 3.63) is 106 Å². The van der Waals surface area contributed by atoms with Crippen molar-refractivity contribution in [3.63, 3.8) is 0 Å². The largest absolute Gasteiger partial charge is 0.322 e. The number of aryl methyl sites for hydroxylation is 2. The minimum atomic E-state index is -4.01. The van der Waals surface area contributed by atoms with Crippen LogP contribution in [-0.4, -0.2) is 23.9 Å². The summed E-state index contributed by atoms with van der Waals surface area (Å²) in [5.74, 6) is -0.0966. The van der Waals surface area contributed by atoms with Crippen LogP contribution in [0, 0.1) is 26.6 Å². The van der Waals surface area contributed by atoms with Crippen LogP contribution in [0.5, 0.6) is 0 Å². The van der Waals surface area contributed by atoms with Gasteiger partial charge in [0.1, 0.15) is 11.6 Å². The number of rotatable bonds is 7. The molecule has 0 aliphatic rings. The van der Waals surface area contributed by atoms with Crippen molar-refractivity contribution < 1.29 is 17.6 Å². The van der Waals surface area contributed by atoms with Gasteiger partial charge in [0.15, 0.2) is 0 Å². The molecule has 0 aliphatic heterocycles. The molecule has 1 heterocycles. The third-order valence-corrected chi connectivity index (χ3v) is 9.58. The monoisotopic (exact) mass is 626 g/mol. The number of halogens is 1. The van der Waals surface area contributed by atoms with Crippen molar-refractivity contribution in [2.24, 2.45) is 0 Å². The van der Waals surface area contributed by atoms with Crippen molar-refractivity contribution in [1.29, 1.82) is 0 Å². The summed E-state index contributed by atoms with van der Waals surface area (Å²) in [5, 5.41) is 2.94. The van der Waals surface area contributed by atoms with Gasteiger partial charge in [0, 0.05) is 23.4 Å². The van der Waals surface area contributed by atoms with Crippen molar-refractivity contribution >= 4 is 38.3 Å². The molecule has 0 saturated carbocycles. The highest BCUT2D eigenvalue weighted by Crippen LogP contribution is 2.33. The Hall–Kier alpha value is -4.50. The lowest BCUT2D eigenvalue weighted by molar-refractivity contribution is 0.102. The number of hydrogen-bond acceptors (Lipinski definition) is 4. The molecule has 1 aromatic heterocycles. The zero-order valence-electron chi connectivity index (χ0n) is 26.9. The van der Waals surface area contributed by atoms with Crippen molar-refractivity contribution in [2.75, 3.05) is 10.0 Å². The lowest BCUT2D eigenvalue weighted by atomic mass is 9.85. The predicted molar refractivity (Wildman–Crippen MR) is 180 cm³/mol. The number of nitrogens with one attached hydrogen (secondary N) is 2. The number of sulfonamides is 1. The molecule has 2 N–H and O–H groups in total. The van der Waals surface area contributed by atoms with Gasteiger partial charge in [-0.3, -0.25) is 9.52 Å². The van der Waals surface area contributed by atoms with Gasteiger partial charge >= 0.3 is 0 Å². The van der Waals surface area contributed by atoms with E-state index in [4.69, 9.17) is 4.98 Å². The van der Waals surface area contributed by atoms with Crippen LogP contribution < -0.4 is 10.0 Å². The standard InChI is InChI=1S/C36H39FN4O3S/c1-21(2)41-32-16-14-27(37)20-31(32)38-34(41)25-13-15-29(23(4)17-25)39-35(42)28-11-9-10-12-30(28)40-45(43,44)33-19-26(36(6,7)8)18-22(3)24(33)5/h9-21,40H,1-8H3,(H,39,42). The van der Waals surface area contributed by atoms with Gasteiger partial charge in [-0.05, 0) is 111 Å². The van der Waals surface area contributed by atoms with Crippen LogP contribution in [0.2, 0.25) is 0 Å². The first-order valence-corrected chi connectivity index (χ1v) is 16.4. The molecule has 9 heteroatoms. The Morgan fingerprint density at radius 3 is 2.27 bits per heavy atom. The van der Waals surface area contributed by atoms with Crippen LogP contribution in [0.3, 0.4) is 0 Å². The lowest BCUT2D eigenvalue weighted by Gasteiger charge is -2.23. The van der Waals surface area contributed by atoms with E-state index in [0.717, 1.165) is 27.8 Å². The Bertz CT molecular complexity index is 2060. The molecule has 0 aliphatic carbocycles.